The van der Waals surface area contributed by atoms with Crippen LogP contribution in [0.25, 0.3) is 0 Å². The van der Waals surface area contributed by atoms with Crippen molar-refractivity contribution in [3.63, 3.8) is 0 Å². The Morgan fingerprint density at radius 1 is 1.50 bits per heavy atom. The van der Waals surface area contributed by atoms with Gasteiger partial charge >= 0.3 is 5.97 Å². The van der Waals surface area contributed by atoms with Crippen LogP contribution in [0.1, 0.15) is 6.92 Å². The Bertz CT molecular complexity index is 127. The molecule has 0 fully saturated rings. The van der Waals surface area contributed by atoms with E-state index in [0.29, 0.717) is 19.1 Å². The molecule has 0 aliphatic heterocycles. The minimum atomic E-state index is -1.07. The quantitative estimate of drug-likeness (QED) is 0.374. The third kappa shape index (κ3) is 6.39. The second kappa shape index (κ2) is 7.34. The summed E-state index contributed by atoms with van der Waals surface area (Å²) in [6.45, 7) is 2.25. The first-order chi connectivity index (χ1) is 5.68. The monoisotopic (exact) mass is 196 g/mol. The zero-order valence-corrected chi connectivity index (χ0v) is 7.71. The van der Waals surface area contributed by atoms with Gasteiger partial charge in [0.1, 0.15) is 12.7 Å². The van der Waals surface area contributed by atoms with Crippen molar-refractivity contribution in [2.75, 3.05) is 25.7 Å². The molecule has 0 spiro atoms. The Kier molecular flexibility index (Phi) is 7.14. The fraction of sp³-hybridized carbons (Fsp3) is 0.857. The summed E-state index contributed by atoms with van der Waals surface area (Å²) in [7, 11) is 0. The maximum Gasteiger partial charge on any atom is 0.334 e. The molecule has 0 aliphatic carbocycles. The van der Waals surface area contributed by atoms with E-state index in [1.807, 2.05) is 0 Å². The van der Waals surface area contributed by atoms with Gasteiger partial charge in [0, 0.05) is 5.88 Å². The molecule has 0 saturated carbocycles. The van der Waals surface area contributed by atoms with Gasteiger partial charge in [-0.1, -0.05) is 0 Å². The summed E-state index contributed by atoms with van der Waals surface area (Å²) in [6.07, 6.45) is -1.07. The molecule has 0 radical (unpaired) electrons. The number of halogens is 1. The molecule has 0 aliphatic rings. The van der Waals surface area contributed by atoms with Gasteiger partial charge in [-0.2, -0.15) is 0 Å². The molecular weight excluding hydrogens is 184 g/mol. The molecule has 5 heteroatoms. The highest BCUT2D eigenvalue weighted by Gasteiger charge is 2.08. The van der Waals surface area contributed by atoms with Crippen LogP contribution in [0.3, 0.4) is 0 Å². The predicted octanol–water partition coefficient (Wildman–Crippen LogP) is 0.166. The van der Waals surface area contributed by atoms with Gasteiger partial charge in [-0.25, -0.2) is 4.79 Å². The standard InChI is InChI=1S/C7H13ClO4/c1-6(9)7(10)12-5-4-11-3-2-8/h6,9H,2-5H2,1H3/t6-/m1/s1. The number of ether oxygens (including phenoxy) is 2. The molecule has 0 aromatic rings. The lowest BCUT2D eigenvalue weighted by molar-refractivity contribution is -0.153. The zero-order valence-electron chi connectivity index (χ0n) is 6.96. The van der Waals surface area contributed by atoms with Crippen LogP contribution in [0.2, 0.25) is 0 Å². The topological polar surface area (TPSA) is 55.8 Å². The van der Waals surface area contributed by atoms with Gasteiger partial charge in [-0.15, -0.1) is 11.6 Å². The summed E-state index contributed by atoms with van der Waals surface area (Å²) in [5.41, 5.74) is 0. The predicted molar refractivity (Wildman–Crippen MR) is 44.2 cm³/mol. The molecule has 1 atom stereocenters. The van der Waals surface area contributed by atoms with E-state index in [-0.39, 0.29) is 6.61 Å². The average Bonchev–Trinajstić information content (AvgIpc) is 2.03. The highest BCUT2D eigenvalue weighted by atomic mass is 35.5. The van der Waals surface area contributed by atoms with Crippen LogP contribution in [-0.4, -0.2) is 42.9 Å². The van der Waals surface area contributed by atoms with Gasteiger partial charge in [0.05, 0.1) is 13.2 Å². The van der Waals surface area contributed by atoms with E-state index in [2.05, 4.69) is 4.74 Å². The molecule has 1 N–H and O–H groups in total. The van der Waals surface area contributed by atoms with Crippen molar-refractivity contribution in [3.05, 3.63) is 0 Å². The van der Waals surface area contributed by atoms with E-state index < -0.39 is 12.1 Å². The molecule has 0 amide bonds. The molecule has 0 heterocycles. The summed E-state index contributed by atoms with van der Waals surface area (Å²) in [5.74, 6) is -0.214. The molecule has 0 bridgehead atoms. The summed E-state index contributed by atoms with van der Waals surface area (Å²) in [4.78, 5) is 10.6. The third-order valence-electron chi connectivity index (χ3n) is 1.03. The van der Waals surface area contributed by atoms with E-state index in [0.717, 1.165) is 0 Å². The molecule has 72 valence electrons. The maximum atomic E-state index is 10.6. The second-order valence-corrected chi connectivity index (χ2v) is 2.52. The Morgan fingerprint density at radius 2 is 2.17 bits per heavy atom. The van der Waals surface area contributed by atoms with E-state index >= 15 is 0 Å². The summed E-state index contributed by atoms with van der Waals surface area (Å²) >= 11 is 5.32. The minimum Gasteiger partial charge on any atom is -0.461 e. The SMILES string of the molecule is C[C@@H](O)C(=O)OCCOCCCl. The van der Waals surface area contributed by atoms with Gasteiger partial charge < -0.3 is 14.6 Å². The van der Waals surface area contributed by atoms with Crippen LogP contribution in [0.15, 0.2) is 0 Å². The molecule has 0 aromatic heterocycles. The summed E-state index contributed by atoms with van der Waals surface area (Å²) < 4.78 is 9.52. The largest absolute Gasteiger partial charge is 0.461 e. The fourth-order valence-electron chi connectivity index (χ4n) is 0.478. The Labute approximate surface area is 76.4 Å². The number of esters is 1. The second-order valence-electron chi connectivity index (χ2n) is 2.14. The smallest absolute Gasteiger partial charge is 0.334 e. The first kappa shape index (κ1) is 11.7. The third-order valence-corrected chi connectivity index (χ3v) is 1.19. The van der Waals surface area contributed by atoms with E-state index in [9.17, 15) is 4.79 Å². The van der Waals surface area contributed by atoms with Crippen LogP contribution in [-0.2, 0) is 14.3 Å². The van der Waals surface area contributed by atoms with Crippen molar-refractivity contribution in [1.29, 1.82) is 0 Å². The van der Waals surface area contributed by atoms with Crippen molar-refractivity contribution in [2.45, 2.75) is 13.0 Å². The van der Waals surface area contributed by atoms with Gasteiger partial charge in [0.15, 0.2) is 0 Å². The average molecular weight is 197 g/mol. The van der Waals surface area contributed by atoms with E-state index in [1.165, 1.54) is 6.92 Å². The molecule has 0 aromatic carbocycles. The Balaban J connectivity index is 3.14. The van der Waals surface area contributed by atoms with E-state index in [1.54, 1.807) is 0 Å². The lowest BCUT2D eigenvalue weighted by Crippen LogP contribution is -2.21. The van der Waals surface area contributed by atoms with Crippen molar-refractivity contribution < 1.29 is 19.4 Å². The number of carbonyl (C=O) groups excluding carboxylic acids is 1. The molecule has 0 saturated heterocycles. The molecular formula is C7H13ClO4. The summed E-state index contributed by atoms with van der Waals surface area (Å²) in [6, 6.07) is 0. The van der Waals surface area contributed by atoms with Crippen molar-refractivity contribution in [2.24, 2.45) is 0 Å². The van der Waals surface area contributed by atoms with Crippen molar-refractivity contribution >= 4 is 17.6 Å². The number of aliphatic hydroxyl groups excluding tert-OH is 1. The Hall–Kier alpha value is -0.320. The van der Waals surface area contributed by atoms with Crippen LogP contribution in [0.4, 0.5) is 0 Å². The number of hydrogen-bond donors (Lipinski definition) is 1. The van der Waals surface area contributed by atoms with Crippen molar-refractivity contribution in [3.8, 4) is 0 Å². The van der Waals surface area contributed by atoms with Crippen LogP contribution < -0.4 is 0 Å². The minimum absolute atomic E-state index is 0.153. The maximum absolute atomic E-state index is 10.6. The molecule has 0 unspecified atom stereocenters. The van der Waals surface area contributed by atoms with Gasteiger partial charge in [-0.05, 0) is 6.92 Å². The van der Waals surface area contributed by atoms with Gasteiger partial charge in [0.25, 0.3) is 0 Å². The lowest BCUT2D eigenvalue weighted by Gasteiger charge is -2.05. The van der Waals surface area contributed by atoms with Gasteiger partial charge in [-0.3, -0.25) is 0 Å². The number of rotatable bonds is 6. The normalized spacial score (nSPS) is 12.6. The number of alkyl halides is 1. The first-order valence-electron chi connectivity index (χ1n) is 3.67. The van der Waals surface area contributed by atoms with Gasteiger partial charge in [0.2, 0.25) is 0 Å². The lowest BCUT2D eigenvalue weighted by atomic mass is 10.4. The molecule has 0 rings (SSSR count). The van der Waals surface area contributed by atoms with Crippen LogP contribution in [0, 0.1) is 0 Å². The first-order valence-corrected chi connectivity index (χ1v) is 4.20. The van der Waals surface area contributed by atoms with Crippen LogP contribution >= 0.6 is 11.6 Å². The zero-order chi connectivity index (χ0) is 9.40. The highest BCUT2D eigenvalue weighted by molar-refractivity contribution is 6.17. The molecule has 12 heavy (non-hydrogen) atoms. The number of aliphatic hydroxyl groups is 1. The molecule has 4 nitrogen and oxygen atoms in total. The van der Waals surface area contributed by atoms with Crippen LogP contribution in [0.5, 0.6) is 0 Å². The summed E-state index contributed by atoms with van der Waals surface area (Å²) in [5, 5.41) is 8.69. The van der Waals surface area contributed by atoms with Crippen molar-refractivity contribution in [1.82, 2.24) is 0 Å². The van der Waals surface area contributed by atoms with E-state index in [4.69, 9.17) is 21.4 Å². The number of hydrogen-bond acceptors (Lipinski definition) is 4. The number of carbonyl (C=O) groups is 1. The highest BCUT2D eigenvalue weighted by Crippen LogP contribution is 1.87. The fourth-order valence-corrected chi connectivity index (χ4v) is 0.588. The Morgan fingerprint density at radius 3 is 2.67 bits per heavy atom.